The van der Waals surface area contributed by atoms with Gasteiger partial charge in [-0.1, -0.05) is 48.5 Å². The summed E-state index contributed by atoms with van der Waals surface area (Å²) in [4.78, 5) is 23.4. The summed E-state index contributed by atoms with van der Waals surface area (Å²) in [6.45, 7) is 0.245. The smallest absolute Gasteiger partial charge is 0.308 e. The summed E-state index contributed by atoms with van der Waals surface area (Å²) in [6.07, 6.45) is 0.268. The van der Waals surface area contributed by atoms with Crippen molar-refractivity contribution < 1.29 is 24.2 Å². The van der Waals surface area contributed by atoms with Gasteiger partial charge in [0.2, 0.25) is 5.91 Å². The van der Waals surface area contributed by atoms with E-state index in [1.54, 1.807) is 13.2 Å². The number of benzene rings is 2. The van der Waals surface area contributed by atoms with E-state index in [0.29, 0.717) is 12.4 Å². The van der Waals surface area contributed by atoms with Crippen LogP contribution in [0.5, 0.6) is 5.75 Å². The van der Waals surface area contributed by atoms with Gasteiger partial charge in [0.15, 0.2) is 0 Å². The van der Waals surface area contributed by atoms with Crippen LogP contribution in [0.1, 0.15) is 11.1 Å². The molecule has 2 aromatic carbocycles. The van der Waals surface area contributed by atoms with E-state index in [0.717, 1.165) is 11.1 Å². The van der Waals surface area contributed by atoms with Gasteiger partial charge in [-0.25, -0.2) is 0 Å². The first-order valence-corrected chi connectivity index (χ1v) is 8.33. The van der Waals surface area contributed by atoms with Gasteiger partial charge in [-0.3, -0.25) is 9.59 Å². The summed E-state index contributed by atoms with van der Waals surface area (Å²) in [5.74, 6) is -1.42. The highest BCUT2D eigenvalue weighted by Gasteiger charge is 2.20. The Morgan fingerprint density at radius 2 is 1.77 bits per heavy atom. The lowest BCUT2D eigenvalue weighted by Crippen LogP contribution is -2.36. The zero-order chi connectivity index (χ0) is 18.8. The molecule has 138 valence electrons. The molecule has 2 N–H and O–H groups in total. The van der Waals surface area contributed by atoms with Crippen LogP contribution in [-0.4, -0.2) is 37.2 Å². The van der Waals surface area contributed by atoms with Crippen molar-refractivity contribution in [3.8, 4) is 5.75 Å². The molecule has 0 heterocycles. The predicted molar refractivity (Wildman–Crippen MR) is 96.9 cm³/mol. The second-order valence-electron chi connectivity index (χ2n) is 5.83. The molecule has 6 nitrogen and oxygen atoms in total. The van der Waals surface area contributed by atoms with Crippen LogP contribution in [0.4, 0.5) is 0 Å². The number of carboxylic acid groups (broad SMARTS) is 1. The molecule has 0 saturated carbocycles. The molecule has 0 fully saturated rings. The van der Waals surface area contributed by atoms with E-state index in [1.807, 2.05) is 48.5 Å². The molecule has 0 aromatic heterocycles. The number of para-hydroxylation sites is 1. The molecule has 2 aromatic rings. The van der Waals surface area contributed by atoms with Crippen LogP contribution in [0.2, 0.25) is 0 Å². The van der Waals surface area contributed by atoms with Crippen LogP contribution >= 0.6 is 0 Å². The molecule has 26 heavy (non-hydrogen) atoms. The predicted octanol–water partition coefficient (Wildman–Crippen LogP) is 2.27. The number of hydrogen-bond acceptors (Lipinski definition) is 4. The van der Waals surface area contributed by atoms with E-state index < -0.39 is 11.9 Å². The van der Waals surface area contributed by atoms with Gasteiger partial charge in [0.05, 0.1) is 19.6 Å². The maximum atomic E-state index is 11.9. The Kier molecular flexibility index (Phi) is 7.64. The summed E-state index contributed by atoms with van der Waals surface area (Å²) in [7, 11) is 1.54. The third kappa shape index (κ3) is 6.22. The molecule has 2 rings (SSSR count). The molecular weight excluding hydrogens is 334 g/mol. The Balaban J connectivity index is 1.80. The number of rotatable bonds is 10. The monoisotopic (exact) mass is 357 g/mol. The first-order valence-electron chi connectivity index (χ1n) is 8.33. The summed E-state index contributed by atoms with van der Waals surface area (Å²) in [5.41, 5.74) is 1.76. The molecule has 0 radical (unpaired) electrons. The first-order chi connectivity index (χ1) is 12.6. The van der Waals surface area contributed by atoms with Crippen molar-refractivity contribution in [2.24, 2.45) is 5.92 Å². The van der Waals surface area contributed by atoms with E-state index in [-0.39, 0.29) is 25.5 Å². The normalized spacial score (nSPS) is 11.6. The largest absolute Gasteiger partial charge is 0.496 e. The summed E-state index contributed by atoms with van der Waals surface area (Å²) in [5, 5.41) is 12.0. The van der Waals surface area contributed by atoms with Gasteiger partial charge < -0.3 is 19.9 Å². The maximum Gasteiger partial charge on any atom is 0.308 e. The number of carbonyl (C=O) groups excluding carboxylic acids is 1. The molecule has 1 unspecified atom stereocenters. The van der Waals surface area contributed by atoms with Crippen LogP contribution in [-0.2, 0) is 27.4 Å². The van der Waals surface area contributed by atoms with Crippen molar-refractivity contribution in [1.82, 2.24) is 5.32 Å². The van der Waals surface area contributed by atoms with Crippen molar-refractivity contribution in [1.29, 1.82) is 0 Å². The van der Waals surface area contributed by atoms with E-state index in [1.165, 1.54) is 0 Å². The lowest BCUT2D eigenvalue weighted by atomic mass is 9.98. The number of ether oxygens (including phenoxy) is 2. The average molecular weight is 357 g/mol. The van der Waals surface area contributed by atoms with E-state index in [2.05, 4.69) is 5.32 Å². The second kappa shape index (κ2) is 10.2. The average Bonchev–Trinajstić information content (AvgIpc) is 2.66. The minimum absolute atomic E-state index is 0.0287. The Labute approximate surface area is 152 Å². The van der Waals surface area contributed by atoms with E-state index in [9.17, 15) is 14.7 Å². The highest BCUT2D eigenvalue weighted by Crippen LogP contribution is 2.21. The quantitative estimate of drug-likeness (QED) is 0.681. The van der Waals surface area contributed by atoms with Crippen LogP contribution < -0.4 is 10.1 Å². The number of amides is 1. The number of carboxylic acids is 1. The molecular formula is C20H23NO5. The highest BCUT2D eigenvalue weighted by atomic mass is 16.5. The molecule has 6 heteroatoms. The number of carbonyl (C=O) groups is 2. The third-order valence-electron chi connectivity index (χ3n) is 3.90. The Morgan fingerprint density at radius 3 is 2.46 bits per heavy atom. The van der Waals surface area contributed by atoms with Crippen molar-refractivity contribution in [2.45, 2.75) is 13.0 Å². The van der Waals surface area contributed by atoms with Crippen LogP contribution in [0.25, 0.3) is 0 Å². The minimum Gasteiger partial charge on any atom is -0.496 e. The van der Waals surface area contributed by atoms with Gasteiger partial charge >= 0.3 is 5.97 Å². The zero-order valence-corrected chi connectivity index (χ0v) is 14.7. The van der Waals surface area contributed by atoms with Crippen LogP contribution in [0, 0.1) is 5.92 Å². The fraction of sp³-hybridized carbons (Fsp3) is 0.300. The number of methoxy groups -OCH3 is 1. The second-order valence-corrected chi connectivity index (χ2v) is 5.83. The topological polar surface area (TPSA) is 84.9 Å². The van der Waals surface area contributed by atoms with Gasteiger partial charge in [-0.2, -0.15) is 0 Å². The molecule has 1 amide bonds. The van der Waals surface area contributed by atoms with Gasteiger partial charge in [-0.15, -0.1) is 0 Å². The summed E-state index contributed by atoms with van der Waals surface area (Å²) in [6, 6.07) is 16.8. The summed E-state index contributed by atoms with van der Waals surface area (Å²) < 4.78 is 10.6. The molecule has 0 saturated heterocycles. The standard InChI is InChI=1S/C20H23NO5/c1-25-18-10-6-5-9-16(18)11-17(20(23)24)12-21-19(22)14-26-13-15-7-3-2-4-8-15/h2-10,17H,11-14H2,1H3,(H,21,22)(H,23,24). The number of nitrogens with one attached hydrogen (secondary N) is 1. The van der Waals surface area contributed by atoms with Gasteiger partial charge in [0.25, 0.3) is 0 Å². The number of hydrogen-bond donors (Lipinski definition) is 2. The fourth-order valence-electron chi connectivity index (χ4n) is 2.51. The first kappa shape index (κ1) is 19.5. The van der Waals surface area contributed by atoms with Gasteiger partial charge in [0, 0.05) is 6.54 Å². The molecule has 0 aliphatic rings. The SMILES string of the molecule is COc1ccccc1CC(CNC(=O)COCc1ccccc1)C(=O)O. The lowest BCUT2D eigenvalue weighted by Gasteiger charge is -2.15. The number of aliphatic carboxylic acids is 1. The minimum atomic E-state index is -0.971. The fourth-order valence-corrected chi connectivity index (χ4v) is 2.51. The molecule has 0 bridgehead atoms. The Morgan fingerprint density at radius 1 is 1.08 bits per heavy atom. The van der Waals surface area contributed by atoms with Gasteiger partial charge in [0.1, 0.15) is 12.4 Å². The van der Waals surface area contributed by atoms with Crippen molar-refractivity contribution in [3.63, 3.8) is 0 Å². The third-order valence-corrected chi connectivity index (χ3v) is 3.90. The maximum absolute atomic E-state index is 11.9. The Bertz CT molecular complexity index is 717. The van der Waals surface area contributed by atoms with Crippen LogP contribution in [0.3, 0.4) is 0 Å². The molecule has 0 spiro atoms. The molecule has 0 aliphatic heterocycles. The Hall–Kier alpha value is -2.86. The van der Waals surface area contributed by atoms with E-state index >= 15 is 0 Å². The van der Waals surface area contributed by atoms with Crippen molar-refractivity contribution >= 4 is 11.9 Å². The summed E-state index contributed by atoms with van der Waals surface area (Å²) >= 11 is 0. The lowest BCUT2D eigenvalue weighted by molar-refractivity contribution is -0.141. The van der Waals surface area contributed by atoms with Gasteiger partial charge in [-0.05, 0) is 23.6 Å². The highest BCUT2D eigenvalue weighted by molar-refractivity contribution is 5.78. The van der Waals surface area contributed by atoms with Crippen molar-refractivity contribution in [2.75, 3.05) is 20.3 Å². The van der Waals surface area contributed by atoms with Crippen molar-refractivity contribution in [3.05, 3.63) is 65.7 Å². The molecule has 1 atom stereocenters. The van der Waals surface area contributed by atoms with Crippen LogP contribution in [0.15, 0.2) is 54.6 Å². The zero-order valence-electron chi connectivity index (χ0n) is 14.7. The van der Waals surface area contributed by atoms with E-state index in [4.69, 9.17) is 9.47 Å². The molecule has 0 aliphatic carbocycles.